The summed E-state index contributed by atoms with van der Waals surface area (Å²) in [5, 5.41) is 5.69. The number of alkyl halides is 3. The highest BCUT2D eigenvalue weighted by molar-refractivity contribution is 5.67. The van der Waals surface area contributed by atoms with E-state index >= 15 is 0 Å². The van der Waals surface area contributed by atoms with Gasteiger partial charge in [0.15, 0.2) is 0 Å². The Labute approximate surface area is 108 Å². The standard InChI is InChI=1S/C13H13F3N2O/c1-2-7-19-11-6-4-3-5-9(11)10-8-12(18-17-10)13(14,15)16/h3-6,8H,2,7H2,1H3,(H,17,18). The van der Waals surface area contributed by atoms with Crippen molar-refractivity contribution >= 4 is 0 Å². The fourth-order valence-electron chi connectivity index (χ4n) is 1.62. The van der Waals surface area contributed by atoms with E-state index in [-0.39, 0.29) is 5.69 Å². The van der Waals surface area contributed by atoms with E-state index < -0.39 is 11.9 Å². The maximum atomic E-state index is 12.5. The molecule has 0 spiro atoms. The number of aromatic amines is 1. The summed E-state index contributed by atoms with van der Waals surface area (Å²) in [6, 6.07) is 7.88. The topological polar surface area (TPSA) is 37.9 Å². The largest absolute Gasteiger partial charge is 0.493 e. The molecule has 0 saturated heterocycles. The summed E-state index contributed by atoms with van der Waals surface area (Å²) in [7, 11) is 0. The van der Waals surface area contributed by atoms with Crippen LogP contribution in [-0.4, -0.2) is 16.8 Å². The molecule has 0 aliphatic carbocycles. The Balaban J connectivity index is 2.33. The van der Waals surface area contributed by atoms with Gasteiger partial charge in [-0.2, -0.15) is 18.3 Å². The number of para-hydroxylation sites is 1. The highest BCUT2D eigenvalue weighted by atomic mass is 19.4. The minimum atomic E-state index is -4.43. The minimum Gasteiger partial charge on any atom is -0.493 e. The van der Waals surface area contributed by atoms with Gasteiger partial charge in [0, 0.05) is 5.56 Å². The first kappa shape index (κ1) is 13.5. The third kappa shape index (κ3) is 3.07. The van der Waals surface area contributed by atoms with Crippen molar-refractivity contribution < 1.29 is 17.9 Å². The molecule has 102 valence electrons. The summed E-state index contributed by atoms with van der Waals surface area (Å²) in [6.07, 6.45) is -3.60. The van der Waals surface area contributed by atoms with Crippen molar-refractivity contribution in [2.45, 2.75) is 19.5 Å². The van der Waals surface area contributed by atoms with Crippen molar-refractivity contribution in [1.29, 1.82) is 0 Å². The van der Waals surface area contributed by atoms with Crippen molar-refractivity contribution in [1.82, 2.24) is 10.2 Å². The van der Waals surface area contributed by atoms with E-state index in [2.05, 4.69) is 5.10 Å². The normalized spacial score (nSPS) is 11.6. The Kier molecular flexibility index (Phi) is 3.78. The average molecular weight is 270 g/mol. The molecule has 0 unspecified atom stereocenters. The van der Waals surface area contributed by atoms with Crippen LogP contribution in [0, 0.1) is 0 Å². The molecule has 3 nitrogen and oxygen atoms in total. The van der Waals surface area contributed by atoms with Crippen molar-refractivity contribution in [2.24, 2.45) is 0 Å². The number of halogens is 3. The Morgan fingerprint density at radius 1 is 1.26 bits per heavy atom. The lowest BCUT2D eigenvalue weighted by Crippen LogP contribution is -2.04. The maximum Gasteiger partial charge on any atom is 0.432 e. The lowest BCUT2D eigenvalue weighted by atomic mass is 10.1. The van der Waals surface area contributed by atoms with E-state index in [0.29, 0.717) is 17.9 Å². The summed E-state index contributed by atoms with van der Waals surface area (Å²) in [5.41, 5.74) is -0.102. The molecule has 1 heterocycles. The molecule has 19 heavy (non-hydrogen) atoms. The van der Waals surface area contributed by atoms with Gasteiger partial charge in [-0.05, 0) is 24.6 Å². The first-order valence-electron chi connectivity index (χ1n) is 5.87. The van der Waals surface area contributed by atoms with Gasteiger partial charge in [-0.1, -0.05) is 19.1 Å². The Bertz CT molecular complexity index is 549. The van der Waals surface area contributed by atoms with Gasteiger partial charge in [0.1, 0.15) is 11.4 Å². The highest BCUT2D eigenvalue weighted by Gasteiger charge is 2.33. The summed E-state index contributed by atoms with van der Waals surface area (Å²) in [5.74, 6) is 0.532. The molecule has 1 N–H and O–H groups in total. The van der Waals surface area contributed by atoms with E-state index in [0.717, 1.165) is 12.5 Å². The Morgan fingerprint density at radius 2 is 2.00 bits per heavy atom. The summed E-state index contributed by atoms with van der Waals surface area (Å²) >= 11 is 0. The zero-order valence-electron chi connectivity index (χ0n) is 10.3. The van der Waals surface area contributed by atoms with E-state index in [4.69, 9.17) is 4.74 Å². The first-order valence-corrected chi connectivity index (χ1v) is 5.87. The molecule has 0 amide bonds. The van der Waals surface area contributed by atoms with Crippen LogP contribution >= 0.6 is 0 Å². The average Bonchev–Trinajstić information content (AvgIpc) is 2.86. The van der Waals surface area contributed by atoms with Crippen molar-refractivity contribution in [3.8, 4) is 17.0 Å². The van der Waals surface area contributed by atoms with Gasteiger partial charge in [-0.15, -0.1) is 0 Å². The molecule has 0 radical (unpaired) electrons. The summed E-state index contributed by atoms with van der Waals surface area (Å²) in [4.78, 5) is 0. The van der Waals surface area contributed by atoms with Crippen LogP contribution in [0.15, 0.2) is 30.3 Å². The van der Waals surface area contributed by atoms with Crippen LogP contribution in [0.4, 0.5) is 13.2 Å². The summed E-state index contributed by atoms with van der Waals surface area (Å²) in [6.45, 7) is 2.46. The molecule has 1 aromatic heterocycles. The number of nitrogens with one attached hydrogen (secondary N) is 1. The number of rotatable bonds is 4. The van der Waals surface area contributed by atoms with Gasteiger partial charge < -0.3 is 4.74 Å². The third-order valence-electron chi connectivity index (χ3n) is 2.51. The third-order valence-corrected chi connectivity index (χ3v) is 2.51. The fourth-order valence-corrected chi connectivity index (χ4v) is 1.62. The molecule has 2 aromatic rings. The predicted molar refractivity (Wildman–Crippen MR) is 64.8 cm³/mol. The second-order valence-corrected chi connectivity index (χ2v) is 4.01. The zero-order chi connectivity index (χ0) is 13.9. The molecule has 0 fully saturated rings. The van der Waals surface area contributed by atoms with E-state index in [9.17, 15) is 13.2 Å². The Morgan fingerprint density at radius 3 is 2.63 bits per heavy atom. The molecule has 2 rings (SSSR count). The molecule has 6 heteroatoms. The molecular weight excluding hydrogens is 257 g/mol. The van der Waals surface area contributed by atoms with Gasteiger partial charge in [0.05, 0.1) is 12.3 Å². The SMILES string of the molecule is CCCOc1ccccc1-c1cc(C(F)(F)F)[nH]n1. The van der Waals surface area contributed by atoms with Crippen molar-refractivity contribution in [3.05, 3.63) is 36.0 Å². The van der Waals surface area contributed by atoms with Gasteiger partial charge in [-0.25, -0.2) is 0 Å². The van der Waals surface area contributed by atoms with Crippen molar-refractivity contribution in [2.75, 3.05) is 6.61 Å². The molecule has 1 aromatic carbocycles. The van der Waals surface area contributed by atoms with E-state index in [1.54, 1.807) is 24.3 Å². The van der Waals surface area contributed by atoms with Crippen LogP contribution in [0.3, 0.4) is 0 Å². The number of benzene rings is 1. The quantitative estimate of drug-likeness (QED) is 0.915. The molecule has 0 bridgehead atoms. The number of ether oxygens (including phenoxy) is 1. The van der Waals surface area contributed by atoms with Crippen LogP contribution in [0.2, 0.25) is 0 Å². The lowest BCUT2D eigenvalue weighted by molar-refractivity contribution is -0.141. The van der Waals surface area contributed by atoms with E-state index in [1.165, 1.54) is 0 Å². The maximum absolute atomic E-state index is 12.5. The number of hydrogen-bond acceptors (Lipinski definition) is 2. The summed E-state index contributed by atoms with van der Waals surface area (Å²) < 4.78 is 43.1. The second-order valence-electron chi connectivity index (χ2n) is 4.01. The van der Waals surface area contributed by atoms with Gasteiger partial charge in [0.25, 0.3) is 0 Å². The fraction of sp³-hybridized carbons (Fsp3) is 0.308. The molecule has 0 atom stereocenters. The second kappa shape index (κ2) is 5.34. The molecule has 0 aliphatic heterocycles. The number of nitrogens with zero attached hydrogens (tertiary/aromatic N) is 1. The molecule has 0 aliphatic rings. The first-order chi connectivity index (χ1) is 9.02. The number of aromatic nitrogens is 2. The highest BCUT2D eigenvalue weighted by Crippen LogP contribution is 2.33. The van der Waals surface area contributed by atoms with Crippen LogP contribution in [0.5, 0.6) is 5.75 Å². The monoisotopic (exact) mass is 270 g/mol. The Hall–Kier alpha value is -1.98. The predicted octanol–water partition coefficient (Wildman–Crippen LogP) is 3.88. The van der Waals surface area contributed by atoms with Crippen LogP contribution in [0.25, 0.3) is 11.3 Å². The van der Waals surface area contributed by atoms with Crippen LogP contribution in [0.1, 0.15) is 19.0 Å². The zero-order valence-corrected chi connectivity index (χ0v) is 10.3. The smallest absolute Gasteiger partial charge is 0.432 e. The van der Waals surface area contributed by atoms with Crippen LogP contribution < -0.4 is 4.74 Å². The van der Waals surface area contributed by atoms with Gasteiger partial charge in [0.2, 0.25) is 0 Å². The van der Waals surface area contributed by atoms with Gasteiger partial charge >= 0.3 is 6.18 Å². The van der Waals surface area contributed by atoms with Gasteiger partial charge in [-0.3, -0.25) is 5.10 Å². The number of H-pyrrole nitrogens is 1. The lowest BCUT2D eigenvalue weighted by Gasteiger charge is -2.08. The van der Waals surface area contributed by atoms with E-state index in [1.807, 2.05) is 12.0 Å². The number of hydrogen-bond donors (Lipinski definition) is 1. The van der Waals surface area contributed by atoms with Crippen molar-refractivity contribution in [3.63, 3.8) is 0 Å². The molecular formula is C13H13F3N2O. The minimum absolute atomic E-state index is 0.221. The van der Waals surface area contributed by atoms with Crippen LogP contribution in [-0.2, 0) is 6.18 Å². The molecule has 0 saturated carbocycles.